The van der Waals surface area contributed by atoms with E-state index < -0.39 is 0 Å². The van der Waals surface area contributed by atoms with Crippen LogP contribution in [0, 0.1) is 6.92 Å². The summed E-state index contributed by atoms with van der Waals surface area (Å²) in [5, 5.41) is 12.1. The molecular weight excluding hydrogens is 262 g/mol. The van der Waals surface area contributed by atoms with Gasteiger partial charge in [-0.2, -0.15) is 4.68 Å². The summed E-state index contributed by atoms with van der Waals surface area (Å²) in [5.74, 6) is 0.723. The van der Waals surface area contributed by atoms with Crippen LogP contribution in [0.15, 0.2) is 42.5 Å². The van der Waals surface area contributed by atoms with E-state index in [4.69, 9.17) is 5.73 Å². The third-order valence-corrected chi connectivity index (χ3v) is 3.52. The smallest absolute Gasteiger partial charge is 0.187 e. The molecule has 5 nitrogen and oxygen atoms in total. The second-order valence-corrected chi connectivity index (χ2v) is 5.01. The molecule has 1 aromatic heterocycles. The number of hydrogen-bond donors (Lipinski definition) is 1. The number of nitrogens with two attached hydrogens (primary N) is 1. The number of hydrogen-bond acceptors (Lipinski definition) is 4. The van der Waals surface area contributed by atoms with Crippen LogP contribution in [0.2, 0.25) is 0 Å². The molecule has 0 aliphatic heterocycles. The average molecular weight is 279 g/mol. The highest BCUT2D eigenvalue weighted by Gasteiger charge is 2.13. The van der Waals surface area contributed by atoms with Crippen molar-refractivity contribution in [2.75, 3.05) is 5.73 Å². The van der Waals surface area contributed by atoms with Crippen LogP contribution in [0.3, 0.4) is 0 Å². The van der Waals surface area contributed by atoms with Crippen LogP contribution in [0.25, 0.3) is 17.1 Å². The van der Waals surface area contributed by atoms with Gasteiger partial charge < -0.3 is 5.73 Å². The standard InChI is InChI=1S/C16H17N5/c1-3-12-5-4-6-14(10-12)21-16(18-19-20-21)15-8-7-13(17)9-11(15)2/h4-10H,3,17H2,1-2H3. The minimum atomic E-state index is 0.723. The van der Waals surface area contributed by atoms with Crippen LogP contribution in [0.1, 0.15) is 18.1 Å². The van der Waals surface area contributed by atoms with E-state index in [1.807, 2.05) is 37.3 Å². The molecule has 0 radical (unpaired) electrons. The van der Waals surface area contributed by atoms with Crippen LogP contribution in [0.5, 0.6) is 0 Å². The first-order chi connectivity index (χ1) is 10.2. The molecule has 0 aliphatic carbocycles. The van der Waals surface area contributed by atoms with Crippen LogP contribution in [0.4, 0.5) is 5.69 Å². The second-order valence-electron chi connectivity index (χ2n) is 5.01. The van der Waals surface area contributed by atoms with E-state index in [1.54, 1.807) is 4.68 Å². The number of benzene rings is 2. The monoisotopic (exact) mass is 279 g/mol. The summed E-state index contributed by atoms with van der Waals surface area (Å²) in [4.78, 5) is 0. The van der Waals surface area contributed by atoms with Gasteiger partial charge in [-0.05, 0) is 65.2 Å². The average Bonchev–Trinajstić information content (AvgIpc) is 2.96. The van der Waals surface area contributed by atoms with Crippen molar-refractivity contribution < 1.29 is 0 Å². The molecule has 0 spiro atoms. The summed E-state index contributed by atoms with van der Waals surface area (Å²) in [6.45, 7) is 4.14. The number of rotatable bonds is 3. The highest BCUT2D eigenvalue weighted by molar-refractivity contribution is 5.65. The molecule has 2 N–H and O–H groups in total. The van der Waals surface area contributed by atoms with E-state index in [0.717, 1.165) is 34.7 Å². The van der Waals surface area contributed by atoms with E-state index >= 15 is 0 Å². The Morgan fingerprint density at radius 3 is 2.76 bits per heavy atom. The highest BCUT2D eigenvalue weighted by atomic mass is 15.5. The molecule has 0 unspecified atom stereocenters. The molecule has 3 aromatic rings. The Bertz CT molecular complexity index is 776. The van der Waals surface area contributed by atoms with E-state index in [2.05, 4.69) is 34.6 Å². The molecule has 3 rings (SSSR count). The Morgan fingerprint density at radius 2 is 2.00 bits per heavy atom. The van der Waals surface area contributed by atoms with Crippen molar-refractivity contribution in [3.63, 3.8) is 0 Å². The van der Waals surface area contributed by atoms with Crippen molar-refractivity contribution in [1.29, 1.82) is 0 Å². The summed E-state index contributed by atoms with van der Waals surface area (Å²) in [6.07, 6.45) is 0.978. The summed E-state index contributed by atoms with van der Waals surface area (Å²) < 4.78 is 1.76. The van der Waals surface area contributed by atoms with Crippen molar-refractivity contribution in [2.45, 2.75) is 20.3 Å². The van der Waals surface area contributed by atoms with Gasteiger partial charge in [-0.25, -0.2) is 0 Å². The maximum absolute atomic E-state index is 5.81. The van der Waals surface area contributed by atoms with Gasteiger partial charge in [0.1, 0.15) is 0 Å². The zero-order valence-electron chi connectivity index (χ0n) is 12.1. The Balaban J connectivity index is 2.12. The molecule has 1 heterocycles. The predicted octanol–water partition coefficient (Wildman–Crippen LogP) is 2.78. The minimum Gasteiger partial charge on any atom is -0.399 e. The number of aromatic nitrogens is 4. The summed E-state index contributed by atoms with van der Waals surface area (Å²) in [5.41, 5.74) is 10.8. The lowest BCUT2D eigenvalue weighted by atomic mass is 10.1. The van der Waals surface area contributed by atoms with Gasteiger partial charge >= 0.3 is 0 Å². The fraction of sp³-hybridized carbons (Fsp3) is 0.188. The molecular formula is C16H17N5. The molecule has 5 heteroatoms. The van der Waals surface area contributed by atoms with Crippen molar-refractivity contribution >= 4 is 5.69 Å². The molecule has 0 amide bonds. The van der Waals surface area contributed by atoms with E-state index in [-0.39, 0.29) is 0 Å². The van der Waals surface area contributed by atoms with Crippen LogP contribution in [-0.4, -0.2) is 20.2 Å². The highest BCUT2D eigenvalue weighted by Crippen LogP contribution is 2.24. The van der Waals surface area contributed by atoms with Gasteiger partial charge in [0.2, 0.25) is 0 Å². The summed E-state index contributed by atoms with van der Waals surface area (Å²) in [7, 11) is 0. The lowest BCUT2D eigenvalue weighted by molar-refractivity contribution is 0.790. The van der Waals surface area contributed by atoms with Gasteiger partial charge in [-0.1, -0.05) is 19.1 Å². The second kappa shape index (κ2) is 5.36. The van der Waals surface area contributed by atoms with Gasteiger partial charge in [-0.15, -0.1) is 5.10 Å². The van der Waals surface area contributed by atoms with Gasteiger partial charge in [-0.3, -0.25) is 0 Å². The molecule has 0 bridgehead atoms. The quantitative estimate of drug-likeness (QED) is 0.748. The van der Waals surface area contributed by atoms with Gasteiger partial charge in [0, 0.05) is 11.3 Å². The van der Waals surface area contributed by atoms with Crippen molar-refractivity contribution in [1.82, 2.24) is 20.2 Å². The number of anilines is 1. The van der Waals surface area contributed by atoms with Crippen molar-refractivity contribution in [2.24, 2.45) is 0 Å². The third kappa shape index (κ3) is 2.50. The maximum Gasteiger partial charge on any atom is 0.187 e. The predicted molar refractivity (Wildman–Crippen MR) is 83.1 cm³/mol. The fourth-order valence-corrected chi connectivity index (χ4v) is 2.37. The zero-order valence-corrected chi connectivity index (χ0v) is 12.1. The third-order valence-electron chi connectivity index (χ3n) is 3.52. The first kappa shape index (κ1) is 13.3. The van der Waals surface area contributed by atoms with Crippen molar-refractivity contribution in [3.8, 4) is 17.1 Å². The zero-order chi connectivity index (χ0) is 14.8. The first-order valence-corrected chi connectivity index (χ1v) is 6.93. The van der Waals surface area contributed by atoms with Crippen LogP contribution in [-0.2, 0) is 6.42 Å². The number of nitrogen functional groups attached to an aromatic ring is 1. The normalized spacial score (nSPS) is 10.8. The fourth-order valence-electron chi connectivity index (χ4n) is 2.37. The molecule has 0 aliphatic rings. The Kier molecular flexibility index (Phi) is 3.39. The first-order valence-electron chi connectivity index (χ1n) is 6.93. The molecule has 0 saturated carbocycles. The summed E-state index contributed by atoms with van der Waals surface area (Å²) >= 11 is 0. The number of aryl methyl sites for hydroxylation is 2. The molecule has 21 heavy (non-hydrogen) atoms. The summed E-state index contributed by atoms with van der Waals surface area (Å²) in [6, 6.07) is 14.0. The maximum atomic E-state index is 5.81. The Morgan fingerprint density at radius 1 is 1.14 bits per heavy atom. The lowest BCUT2D eigenvalue weighted by Gasteiger charge is -2.08. The topological polar surface area (TPSA) is 69.6 Å². The molecule has 0 fully saturated rings. The molecule has 106 valence electrons. The lowest BCUT2D eigenvalue weighted by Crippen LogP contribution is -2.01. The van der Waals surface area contributed by atoms with Gasteiger partial charge in [0.15, 0.2) is 5.82 Å². The van der Waals surface area contributed by atoms with E-state index in [1.165, 1.54) is 5.56 Å². The molecule has 0 atom stereocenters. The van der Waals surface area contributed by atoms with Crippen molar-refractivity contribution in [3.05, 3.63) is 53.6 Å². The Hall–Kier alpha value is -2.69. The minimum absolute atomic E-state index is 0.723. The Labute approximate surface area is 123 Å². The van der Waals surface area contributed by atoms with E-state index in [0.29, 0.717) is 0 Å². The molecule has 0 saturated heterocycles. The van der Waals surface area contributed by atoms with E-state index in [9.17, 15) is 0 Å². The largest absolute Gasteiger partial charge is 0.399 e. The number of nitrogens with zero attached hydrogens (tertiary/aromatic N) is 4. The van der Waals surface area contributed by atoms with Crippen LogP contribution >= 0.6 is 0 Å². The van der Waals surface area contributed by atoms with Gasteiger partial charge in [0.05, 0.1) is 5.69 Å². The SMILES string of the molecule is CCc1cccc(-n2nnnc2-c2ccc(N)cc2C)c1. The molecule has 2 aromatic carbocycles. The number of tetrazole rings is 1. The van der Waals surface area contributed by atoms with Crippen LogP contribution < -0.4 is 5.73 Å². The van der Waals surface area contributed by atoms with Gasteiger partial charge in [0.25, 0.3) is 0 Å².